The first kappa shape index (κ1) is 26.1. The van der Waals surface area contributed by atoms with Crippen LogP contribution in [0.2, 0.25) is 0 Å². The zero-order chi connectivity index (χ0) is 28.9. The predicted octanol–water partition coefficient (Wildman–Crippen LogP) is 5.18. The van der Waals surface area contributed by atoms with Crippen molar-refractivity contribution in [3.8, 4) is 11.1 Å². The fraction of sp³-hybridized carbons (Fsp3) is 0.172. The third-order valence-corrected chi connectivity index (χ3v) is 7.02. The summed E-state index contributed by atoms with van der Waals surface area (Å²) in [4.78, 5) is 36.0. The number of alkyl halides is 3. The van der Waals surface area contributed by atoms with Crippen molar-refractivity contribution in [3.05, 3.63) is 88.6 Å². The van der Waals surface area contributed by atoms with Gasteiger partial charge in [-0.15, -0.1) is 0 Å². The van der Waals surface area contributed by atoms with Gasteiger partial charge in [0.2, 0.25) is 5.95 Å². The Morgan fingerprint density at radius 3 is 2.63 bits per heavy atom. The monoisotopic (exact) mass is 556 g/mol. The number of aromatic nitrogens is 4. The average Bonchev–Trinajstić information content (AvgIpc) is 3.44. The number of nitrogens with one attached hydrogen (secondary N) is 1. The second kappa shape index (κ2) is 9.81. The van der Waals surface area contributed by atoms with Gasteiger partial charge in [-0.1, -0.05) is 12.1 Å². The number of amides is 1. The molecule has 5 heterocycles. The molecule has 4 aromatic rings. The number of nitrogens with zero attached hydrogens (tertiary/aromatic N) is 6. The van der Waals surface area contributed by atoms with Gasteiger partial charge in [0.05, 0.1) is 24.0 Å². The maximum absolute atomic E-state index is 14.0. The second-order valence-electron chi connectivity index (χ2n) is 9.68. The summed E-state index contributed by atoms with van der Waals surface area (Å²) in [5.41, 5.74) is 8.48. The van der Waals surface area contributed by atoms with Crippen LogP contribution < -0.4 is 16.0 Å². The van der Waals surface area contributed by atoms with Crippen molar-refractivity contribution in [3.63, 3.8) is 0 Å². The van der Waals surface area contributed by atoms with Crippen LogP contribution in [0, 0.1) is 13.8 Å². The number of fused-ring (bicyclic) bond motifs is 3. The number of amidine groups is 1. The largest absolute Gasteiger partial charge is 0.417 e. The van der Waals surface area contributed by atoms with Gasteiger partial charge < -0.3 is 16.0 Å². The number of hydrogen-bond donors (Lipinski definition) is 2. The Hall–Kier alpha value is -5.13. The van der Waals surface area contributed by atoms with E-state index in [1.807, 2.05) is 30.9 Å². The molecule has 0 atom stereocenters. The quantitative estimate of drug-likeness (QED) is 0.347. The van der Waals surface area contributed by atoms with Gasteiger partial charge in [-0.2, -0.15) is 18.2 Å². The Morgan fingerprint density at radius 1 is 1.05 bits per heavy atom. The lowest BCUT2D eigenvalue weighted by atomic mass is 9.90. The third kappa shape index (κ3) is 4.66. The predicted molar refractivity (Wildman–Crippen MR) is 150 cm³/mol. The molecule has 206 valence electrons. The number of benzene rings is 1. The van der Waals surface area contributed by atoms with Crippen molar-refractivity contribution in [2.75, 3.05) is 23.3 Å². The van der Waals surface area contributed by atoms with Gasteiger partial charge >= 0.3 is 6.18 Å². The summed E-state index contributed by atoms with van der Waals surface area (Å²) < 4.78 is 42.0. The zero-order valence-corrected chi connectivity index (χ0v) is 22.0. The lowest BCUT2D eigenvalue weighted by molar-refractivity contribution is -0.137. The average molecular weight is 557 g/mol. The van der Waals surface area contributed by atoms with Crippen molar-refractivity contribution in [1.82, 2.24) is 19.9 Å². The molecule has 2 aliphatic rings. The van der Waals surface area contributed by atoms with Gasteiger partial charge in [0.1, 0.15) is 17.3 Å². The molecule has 9 nitrogen and oxygen atoms in total. The first-order valence-corrected chi connectivity index (χ1v) is 12.7. The number of primary amides is 1. The molecule has 0 aliphatic carbocycles. The summed E-state index contributed by atoms with van der Waals surface area (Å²) in [5.74, 6) is 0.669. The van der Waals surface area contributed by atoms with Crippen molar-refractivity contribution in [2.45, 2.75) is 20.0 Å². The molecular weight excluding hydrogens is 533 g/mol. The maximum atomic E-state index is 14.0. The number of anilines is 3. The fourth-order valence-corrected chi connectivity index (χ4v) is 5.02. The topological polar surface area (TPSA) is 122 Å². The summed E-state index contributed by atoms with van der Waals surface area (Å²) >= 11 is 0. The van der Waals surface area contributed by atoms with Crippen molar-refractivity contribution in [1.29, 1.82) is 0 Å². The molecule has 12 heteroatoms. The Morgan fingerprint density at radius 2 is 1.88 bits per heavy atom. The van der Waals surface area contributed by atoms with E-state index in [0.29, 0.717) is 41.8 Å². The van der Waals surface area contributed by atoms with Crippen LogP contribution in [-0.4, -0.2) is 44.8 Å². The molecule has 1 amide bonds. The van der Waals surface area contributed by atoms with Crippen molar-refractivity contribution >= 4 is 40.8 Å². The van der Waals surface area contributed by atoms with Gasteiger partial charge in [-0.05, 0) is 60.4 Å². The van der Waals surface area contributed by atoms with E-state index in [-0.39, 0.29) is 11.1 Å². The summed E-state index contributed by atoms with van der Waals surface area (Å²) in [6.45, 7) is 4.91. The van der Waals surface area contributed by atoms with Gasteiger partial charge in [0.15, 0.2) is 0 Å². The molecule has 6 rings (SSSR count). The van der Waals surface area contributed by atoms with E-state index in [9.17, 15) is 18.0 Å². The van der Waals surface area contributed by atoms with Crippen LogP contribution in [0.25, 0.3) is 22.8 Å². The molecule has 0 bridgehead atoms. The van der Waals surface area contributed by atoms with Gasteiger partial charge in [0, 0.05) is 41.8 Å². The minimum atomic E-state index is -4.72. The second-order valence-corrected chi connectivity index (χ2v) is 9.68. The lowest BCUT2D eigenvalue weighted by Gasteiger charge is -2.28. The number of aliphatic imine (C=N–C) groups is 1. The Balaban J connectivity index is 1.47. The maximum Gasteiger partial charge on any atom is 0.417 e. The number of rotatable bonds is 5. The van der Waals surface area contributed by atoms with Crippen LogP contribution in [0.15, 0.2) is 60.1 Å². The van der Waals surface area contributed by atoms with Crippen LogP contribution in [0.1, 0.15) is 38.3 Å². The highest BCUT2D eigenvalue weighted by Gasteiger charge is 2.37. The summed E-state index contributed by atoms with van der Waals surface area (Å²) in [7, 11) is 0. The number of carbonyl (C=O) groups is 1. The van der Waals surface area contributed by atoms with Crippen LogP contribution >= 0.6 is 0 Å². The molecule has 2 aliphatic heterocycles. The summed E-state index contributed by atoms with van der Waals surface area (Å²) in [6, 6.07) is 7.58. The van der Waals surface area contributed by atoms with Crippen LogP contribution in [-0.2, 0) is 6.18 Å². The summed E-state index contributed by atoms with van der Waals surface area (Å²) in [6.07, 6.45) is 3.19. The number of carbonyl (C=O) groups excluding carboxylic acids is 1. The van der Waals surface area contributed by atoms with Crippen molar-refractivity contribution in [2.24, 2.45) is 10.7 Å². The molecule has 0 saturated carbocycles. The highest BCUT2D eigenvalue weighted by molar-refractivity contribution is 6.36. The molecule has 0 fully saturated rings. The molecule has 0 radical (unpaired) electrons. The molecular formula is C29H23F3N8O. The van der Waals surface area contributed by atoms with E-state index in [1.54, 1.807) is 30.7 Å². The van der Waals surface area contributed by atoms with Crippen LogP contribution in [0.4, 0.5) is 30.6 Å². The zero-order valence-electron chi connectivity index (χ0n) is 22.0. The SMILES string of the molecule is Cc1ccncc1Nc1ncc2c(n1)N1CCN=C1C(c1cc(-c3c(C(F)(F)F)ccnc3C(N)=O)ccc1C)=C2. The molecule has 0 unspecified atom stereocenters. The number of pyridine rings is 2. The Bertz CT molecular complexity index is 1780. The smallest absolute Gasteiger partial charge is 0.364 e. The van der Waals surface area contributed by atoms with Gasteiger partial charge in [0.25, 0.3) is 5.91 Å². The van der Waals surface area contributed by atoms with Crippen molar-refractivity contribution < 1.29 is 18.0 Å². The minimum Gasteiger partial charge on any atom is -0.364 e. The van der Waals surface area contributed by atoms with E-state index < -0.39 is 23.3 Å². The van der Waals surface area contributed by atoms with Gasteiger partial charge in [-0.3, -0.25) is 19.8 Å². The molecule has 0 spiro atoms. The van der Waals surface area contributed by atoms with E-state index in [2.05, 4.69) is 20.3 Å². The lowest BCUT2D eigenvalue weighted by Crippen LogP contribution is -2.32. The highest BCUT2D eigenvalue weighted by atomic mass is 19.4. The number of aryl methyl sites for hydroxylation is 2. The highest BCUT2D eigenvalue weighted by Crippen LogP contribution is 2.41. The number of hydrogen-bond acceptors (Lipinski definition) is 8. The molecule has 41 heavy (non-hydrogen) atoms. The third-order valence-electron chi connectivity index (χ3n) is 7.02. The van der Waals surface area contributed by atoms with Crippen LogP contribution in [0.3, 0.4) is 0 Å². The Kier molecular flexibility index (Phi) is 6.24. The first-order valence-electron chi connectivity index (χ1n) is 12.7. The molecule has 3 aromatic heterocycles. The molecule has 3 N–H and O–H groups in total. The van der Waals surface area contributed by atoms with E-state index >= 15 is 0 Å². The van der Waals surface area contributed by atoms with Crippen LogP contribution in [0.5, 0.6) is 0 Å². The van der Waals surface area contributed by atoms with E-state index in [4.69, 9.17) is 15.7 Å². The fourth-order valence-electron chi connectivity index (χ4n) is 5.02. The number of halogens is 3. The van der Waals surface area contributed by atoms with E-state index in [0.717, 1.165) is 34.6 Å². The van der Waals surface area contributed by atoms with Gasteiger partial charge in [-0.25, -0.2) is 4.98 Å². The molecule has 1 aromatic carbocycles. The molecule has 0 saturated heterocycles. The standard InChI is InChI=1S/C29H23F3N8O/c1-15-3-4-17(23-21(29(30,31)32)6-8-35-24(23)25(33)41)11-19(15)20-12-18-13-37-28(38-22-14-34-7-5-16(22)2)39-26(18)40-10-9-36-27(20)40/h3-8,11-14H,9-10H2,1-2H3,(H2,33,41)(H,37,38,39). The van der Waals surface area contributed by atoms with E-state index in [1.165, 1.54) is 6.07 Å². The minimum absolute atomic E-state index is 0.166. The Labute approximate surface area is 232 Å². The first-order chi connectivity index (χ1) is 19.6. The summed E-state index contributed by atoms with van der Waals surface area (Å²) in [5, 5.41) is 3.20. The normalized spacial score (nSPS) is 14.2. The number of nitrogens with two attached hydrogens (primary N) is 1.